The summed E-state index contributed by atoms with van der Waals surface area (Å²) in [6.07, 6.45) is -0.541. The Bertz CT molecular complexity index is 458. The van der Waals surface area contributed by atoms with Crippen molar-refractivity contribution in [3.8, 4) is 0 Å². The maximum Gasteiger partial charge on any atom is 0.114 e. The molecule has 15 heavy (non-hydrogen) atoms. The molecule has 1 unspecified atom stereocenters. The van der Waals surface area contributed by atoms with E-state index in [9.17, 15) is 5.11 Å². The zero-order chi connectivity index (χ0) is 11.0. The van der Waals surface area contributed by atoms with E-state index in [4.69, 9.17) is 11.6 Å². The van der Waals surface area contributed by atoms with E-state index in [1.165, 1.54) is 14.2 Å². The predicted octanol–water partition coefficient (Wildman–Crippen LogP) is 4.46. The SMILES string of the molecule is Cc1cc(C(O)c2csc(I)c2)sc1Cl. The Morgan fingerprint density at radius 3 is 2.67 bits per heavy atom. The summed E-state index contributed by atoms with van der Waals surface area (Å²) in [5.74, 6) is 0. The minimum Gasteiger partial charge on any atom is -0.383 e. The molecule has 0 aliphatic rings. The van der Waals surface area contributed by atoms with E-state index in [1.807, 2.05) is 24.4 Å². The van der Waals surface area contributed by atoms with Crippen molar-refractivity contribution in [3.63, 3.8) is 0 Å². The van der Waals surface area contributed by atoms with Crippen molar-refractivity contribution in [2.24, 2.45) is 0 Å². The van der Waals surface area contributed by atoms with Gasteiger partial charge in [0.05, 0.1) is 7.22 Å². The highest BCUT2D eigenvalue weighted by atomic mass is 127. The van der Waals surface area contributed by atoms with Gasteiger partial charge in [0, 0.05) is 4.88 Å². The van der Waals surface area contributed by atoms with Crippen LogP contribution in [0.25, 0.3) is 0 Å². The van der Waals surface area contributed by atoms with Gasteiger partial charge in [0.2, 0.25) is 0 Å². The number of aryl methyl sites for hydroxylation is 1. The lowest BCUT2D eigenvalue weighted by Crippen LogP contribution is -1.94. The van der Waals surface area contributed by atoms with Crippen molar-refractivity contribution in [3.05, 3.63) is 40.7 Å². The Morgan fingerprint density at radius 2 is 2.20 bits per heavy atom. The third-order valence-corrected chi connectivity index (χ3v) is 5.46. The van der Waals surface area contributed by atoms with Gasteiger partial charge in [0.25, 0.3) is 0 Å². The highest BCUT2D eigenvalue weighted by Crippen LogP contribution is 2.35. The molecule has 2 aromatic heterocycles. The highest BCUT2D eigenvalue weighted by molar-refractivity contribution is 14.1. The Kier molecular flexibility index (Phi) is 3.72. The van der Waals surface area contributed by atoms with Gasteiger partial charge < -0.3 is 5.11 Å². The lowest BCUT2D eigenvalue weighted by atomic mass is 10.1. The van der Waals surface area contributed by atoms with Gasteiger partial charge in [-0.15, -0.1) is 22.7 Å². The summed E-state index contributed by atoms with van der Waals surface area (Å²) in [4.78, 5) is 0.909. The lowest BCUT2D eigenvalue weighted by molar-refractivity contribution is 0.224. The molecule has 0 aromatic carbocycles. The molecule has 0 spiro atoms. The Balaban J connectivity index is 2.31. The van der Waals surface area contributed by atoms with Gasteiger partial charge in [-0.1, -0.05) is 11.6 Å². The van der Waals surface area contributed by atoms with Crippen LogP contribution >= 0.6 is 56.9 Å². The minimum absolute atomic E-state index is 0.541. The molecule has 2 heterocycles. The van der Waals surface area contributed by atoms with Gasteiger partial charge in [-0.25, -0.2) is 0 Å². The second kappa shape index (κ2) is 4.71. The van der Waals surface area contributed by atoms with Gasteiger partial charge in [0.1, 0.15) is 6.10 Å². The second-order valence-electron chi connectivity index (χ2n) is 3.19. The third-order valence-electron chi connectivity index (χ3n) is 2.05. The van der Waals surface area contributed by atoms with Crippen molar-refractivity contribution >= 4 is 56.9 Å². The lowest BCUT2D eigenvalue weighted by Gasteiger charge is -2.04. The van der Waals surface area contributed by atoms with Crippen molar-refractivity contribution in [1.82, 2.24) is 0 Å². The molecule has 0 saturated heterocycles. The van der Waals surface area contributed by atoms with Crippen molar-refractivity contribution in [1.29, 1.82) is 0 Å². The zero-order valence-electron chi connectivity index (χ0n) is 7.83. The van der Waals surface area contributed by atoms with E-state index in [0.717, 1.165) is 20.3 Å². The van der Waals surface area contributed by atoms with E-state index in [-0.39, 0.29) is 0 Å². The molecule has 1 nitrogen and oxygen atoms in total. The average molecular weight is 371 g/mol. The largest absolute Gasteiger partial charge is 0.383 e. The van der Waals surface area contributed by atoms with Crippen LogP contribution in [0.1, 0.15) is 22.1 Å². The van der Waals surface area contributed by atoms with Crippen molar-refractivity contribution in [2.45, 2.75) is 13.0 Å². The van der Waals surface area contributed by atoms with Crippen LogP contribution in [0.3, 0.4) is 0 Å². The van der Waals surface area contributed by atoms with E-state index < -0.39 is 6.10 Å². The van der Waals surface area contributed by atoms with Gasteiger partial charge in [-0.2, -0.15) is 0 Å². The molecule has 0 bridgehead atoms. The molecule has 5 heteroatoms. The topological polar surface area (TPSA) is 20.2 Å². The second-order valence-corrected chi connectivity index (χ2v) is 7.68. The van der Waals surface area contributed by atoms with E-state index >= 15 is 0 Å². The monoisotopic (exact) mass is 370 g/mol. The van der Waals surface area contributed by atoms with Crippen LogP contribution in [-0.2, 0) is 0 Å². The number of aliphatic hydroxyl groups excluding tert-OH is 1. The van der Waals surface area contributed by atoms with Crippen LogP contribution in [0.5, 0.6) is 0 Å². The molecule has 0 aliphatic heterocycles. The summed E-state index contributed by atoms with van der Waals surface area (Å²) in [6.45, 7) is 1.95. The summed E-state index contributed by atoms with van der Waals surface area (Å²) in [7, 11) is 0. The van der Waals surface area contributed by atoms with Crippen molar-refractivity contribution in [2.75, 3.05) is 0 Å². The molecule has 1 N–H and O–H groups in total. The van der Waals surface area contributed by atoms with Crippen LogP contribution in [0.4, 0.5) is 0 Å². The average Bonchev–Trinajstić information content (AvgIpc) is 2.74. The maximum absolute atomic E-state index is 10.1. The molecule has 0 radical (unpaired) electrons. The van der Waals surface area contributed by atoms with E-state index in [2.05, 4.69) is 22.6 Å². The summed E-state index contributed by atoms with van der Waals surface area (Å²) in [5, 5.41) is 12.1. The number of thiophene rings is 2. The number of hydrogen-bond acceptors (Lipinski definition) is 3. The number of rotatable bonds is 2. The fourth-order valence-corrected chi connectivity index (χ4v) is 3.87. The molecular formula is C10H8ClIOS2. The normalized spacial score (nSPS) is 13.1. The van der Waals surface area contributed by atoms with Crippen LogP contribution < -0.4 is 0 Å². The summed E-state index contributed by atoms with van der Waals surface area (Å²) in [6, 6.07) is 3.95. The number of hydrogen-bond donors (Lipinski definition) is 1. The molecule has 0 amide bonds. The van der Waals surface area contributed by atoms with Crippen LogP contribution in [0, 0.1) is 9.81 Å². The molecule has 0 aliphatic carbocycles. The molecule has 0 saturated carbocycles. The van der Waals surface area contributed by atoms with Gasteiger partial charge in [-0.3, -0.25) is 0 Å². The van der Waals surface area contributed by atoms with Gasteiger partial charge >= 0.3 is 0 Å². The Morgan fingerprint density at radius 1 is 1.47 bits per heavy atom. The first kappa shape index (κ1) is 11.9. The Labute approximate surface area is 115 Å². The van der Waals surface area contributed by atoms with Crippen LogP contribution in [-0.4, -0.2) is 5.11 Å². The number of halogens is 2. The molecule has 2 rings (SSSR count). The van der Waals surface area contributed by atoms with E-state index in [0.29, 0.717) is 0 Å². The minimum atomic E-state index is -0.541. The first-order valence-electron chi connectivity index (χ1n) is 4.25. The molecule has 1 atom stereocenters. The zero-order valence-corrected chi connectivity index (χ0v) is 12.4. The first-order chi connectivity index (χ1) is 7.08. The van der Waals surface area contributed by atoms with Crippen LogP contribution in [0.2, 0.25) is 4.34 Å². The maximum atomic E-state index is 10.1. The molecular weight excluding hydrogens is 363 g/mol. The fourth-order valence-electron chi connectivity index (χ4n) is 1.25. The predicted molar refractivity (Wildman–Crippen MR) is 75.2 cm³/mol. The third kappa shape index (κ3) is 2.55. The molecule has 0 fully saturated rings. The first-order valence-corrected chi connectivity index (χ1v) is 7.41. The molecule has 2 aromatic rings. The highest BCUT2D eigenvalue weighted by Gasteiger charge is 2.15. The van der Waals surface area contributed by atoms with E-state index in [1.54, 1.807) is 11.3 Å². The quantitative estimate of drug-likeness (QED) is 0.774. The standard InChI is InChI=1S/C10H8ClIOS2/c1-5-2-7(15-10(5)11)9(13)6-3-8(12)14-4-6/h2-4,9,13H,1H3. The smallest absolute Gasteiger partial charge is 0.114 e. The number of aliphatic hydroxyl groups is 1. The summed E-state index contributed by atoms with van der Waals surface area (Å²) in [5.41, 5.74) is 1.97. The molecule has 80 valence electrons. The summed E-state index contributed by atoms with van der Waals surface area (Å²) < 4.78 is 1.94. The Hall–Kier alpha value is 0.380. The van der Waals surface area contributed by atoms with Gasteiger partial charge in [-0.05, 0) is 58.2 Å². The summed E-state index contributed by atoms with van der Waals surface area (Å²) >= 11 is 11.3. The fraction of sp³-hybridized carbons (Fsp3) is 0.200. The van der Waals surface area contributed by atoms with Crippen molar-refractivity contribution < 1.29 is 5.11 Å². The van der Waals surface area contributed by atoms with Gasteiger partial charge in [0.15, 0.2) is 0 Å². The van der Waals surface area contributed by atoms with Crippen LogP contribution in [0.15, 0.2) is 17.5 Å².